The average Bonchev–Trinajstić information content (AvgIpc) is 3.07. The van der Waals surface area contributed by atoms with Gasteiger partial charge >= 0.3 is 12.2 Å². The Morgan fingerprint density at radius 2 is 1.08 bits per heavy atom. The fourth-order valence-electron chi connectivity index (χ4n) is 5.97. The summed E-state index contributed by atoms with van der Waals surface area (Å²) < 4.78 is 36.1. The van der Waals surface area contributed by atoms with Crippen molar-refractivity contribution < 1.29 is 38.0 Å². The van der Waals surface area contributed by atoms with E-state index in [9.17, 15) is 9.59 Å². The van der Waals surface area contributed by atoms with Crippen molar-refractivity contribution in [2.45, 2.75) is 92.9 Å². The van der Waals surface area contributed by atoms with Gasteiger partial charge < -0.3 is 39.1 Å². The summed E-state index contributed by atoms with van der Waals surface area (Å²) in [6, 6.07) is 15.9. The van der Waals surface area contributed by atoms with Crippen LogP contribution in [-0.2, 0) is 39.5 Å². The topological polar surface area (TPSA) is 114 Å². The third kappa shape index (κ3) is 10.2. The van der Waals surface area contributed by atoms with Crippen molar-refractivity contribution in [3.8, 4) is 0 Å². The van der Waals surface area contributed by atoms with E-state index in [1.807, 2.05) is 118 Å². The number of allylic oxidation sites excluding steroid dienone is 2. The molecule has 2 aromatic rings. The smallest absolute Gasteiger partial charge is 0.407 e. The van der Waals surface area contributed by atoms with Gasteiger partial charge in [-0.25, -0.2) is 9.59 Å². The Labute approximate surface area is 304 Å². The molecule has 280 valence electrons. The lowest BCUT2D eigenvalue weighted by Gasteiger charge is -2.48. The predicted octanol–water partition coefficient (Wildman–Crippen LogP) is 8.16. The average molecular weight is 707 g/mol. The van der Waals surface area contributed by atoms with Crippen molar-refractivity contribution in [1.29, 1.82) is 0 Å². The lowest BCUT2D eigenvalue weighted by Crippen LogP contribution is -2.57. The van der Waals surface area contributed by atoms with E-state index in [4.69, 9.17) is 28.4 Å². The van der Waals surface area contributed by atoms with Gasteiger partial charge in [0.15, 0.2) is 12.6 Å². The maximum atomic E-state index is 12.9. The molecule has 2 aliphatic rings. The van der Waals surface area contributed by atoms with Gasteiger partial charge in [0, 0.05) is 10.8 Å². The molecule has 51 heavy (non-hydrogen) atoms. The largest absolute Gasteiger partial charge is 0.449 e. The van der Waals surface area contributed by atoms with Crippen molar-refractivity contribution in [3.63, 3.8) is 0 Å². The normalized spacial score (nSPS) is 21.5. The van der Waals surface area contributed by atoms with E-state index in [1.165, 1.54) is 0 Å². The first-order valence-corrected chi connectivity index (χ1v) is 17.5. The molecule has 0 radical (unpaired) electrons. The number of alkyl carbamates (subject to hydrolysis) is 2. The number of benzene rings is 2. The Bertz CT molecular complexity index is 1560. The molecular weight excluding hydrogens is 648 g/mol. The zero-order valence-corrected chi connectivity index (χ0v) is 32.2. The summed E-state index contributed by atoms with van der Waals surface area (Å²) in [6.45, 7) is 29.0. The van der Waals surface area contributed by atoms with Crippen LogP contribution in [0, 0.1) is 16.2 Å². The molecule has 2 aromatic carbocycles. The highest BCUT2D eigenvalue weighted by atomic mass is 16.7. The fraction of sp³-hybridized carbons (Fsp3) is 0.561. The van der Waals surface area contributed by atoms with E-state index in [1.54, 1.807) is 0 Å². The van der Waals surface area contributed by atoms with Gasteiger partial charge in [-0.05, 0) is 69.9 Å². The molecule has 10 heteroatoms. The Balaban J connectivity index is 1.21. The van der Waals surface area contributed by atoms with Crippen LogP contribution in [0.2, 0.25) is 0 Å². The van der Waals surface area contributed by atoms with Gasteiger partial charge in [-0.2, -0.15) is 0 Å². The highest BCUT2D eigenvalue weighted by Gasteiger charge is 2.48. The maximum Gasteiger partial charge on any atom is 0.407 e. The van der Waals surface area contributed by atoms with Gasteiger partial charge in [0.05, 0.1) is 42.9 Å². The molecule has 2 aliphatic heterocycles. The monoisotopic (exact) mass is 706 g/mol. The number of amides is 2. The molecule has 0 bridgehead atoms. The van der Waals surface area contributed by atoms with Crippen LogP contribution in [0.5, 0.6) is 0 Å². The van der Waals surface area contributed by atoms with Crippen molar-refractivity contribution in [2.75, 3.05) is 39.6 Å². The SMILES string of the molecule is C=C(C)c1ccc(C(C)(C)NC(=O)OCC(C)(C)C2OCC3(CO2)COC(C(C)(C)COC(=O)NC(C)(C)c2cccc(C(=C)C)c2)OC3)cc1. The molecule has 0 aliphatic carbocycles. The van der Waals surface area contributed by atoms with Crippen LogP contribution in [0.3, 0.4) is 0 Å². The quantitative estimate of drug-likeness (QED) is 0.227. The molecule has 0 unspecified atom stereocenters. The molecule has 0 saturated carbocycles. The first-order chi connectivity index (χ1) is 23.6. The zero-order chi connectivity index (χ0) is 37.8. The highest BCUT2D eigenvalue weighted by Crippen LogP contribution is 2.39. The summed E-state index contributed by atoms with van der Waals surface area (Å²) in [5.41, 5.74) is 2.89. The van der Waals surface area contributed by atoms with Crippen LogP contribution in [0.4, 0.5) is 9.59 Å². The van der Waals surface area contributed by atoms with Crippen LogP contribution in [-0.4, -0.2) is 64.4 Å². The number of carbonyl (C=O) groups is 2. The molecule has 2 amide bonds. The maximum absolute atomic E-state index is 12.9. The number of hydrogen-bond donors (Lipinski definition) is 2. The van der Waals surface area contributed by atoms with Gasteiger partial charge in [-0.1, -0.05) is 94.5 Å². The molecule has 1 spiro atoms. The minimum Gasteiger partial charge on any atom is -0.449 e. The van der Waals surface area contributed by atoms with E-state index in [0.717, 1.165) is 33.4 Å². The molecular formula is C41H58N2O8. The Morgan fingerprint density at radius 3 is 1.49 bits per heavy atom. The van der Waals surface area contributed by atoms with Gasteiger partial charge in [-0.3, -0.25) is 0 Å². The van der Waals surface area contributed by atoms with Crippen LogP contribution < -0.4 is 10.6 Å². The summed E-state index contributed by atoms with van der Waals surface area (Å²) in [6.07, 6.45) is -2.23. The van der Waals surface area contributed by atoms with E-state index in [2.05, 4.69) is 23.8 Å². The van der Waals surface area contributed by atoms with Gasteiger partial charge in [-0.15, -0.1) is 0 Å². The van der Waals surface area contributed by atoms with E-state index >= 15 is 0 Å². The lowest BCUT2D eigenvalue weighted by atomic mass is 9.86. The molecule has 0 atom stereocenters. The fourth-order valence-corrected chi connectivity index (χ4v) is 5.97. The van der Waals surface area contributed by atoms with E-state index < -0.39 is 52.1 Å². The minimum absolute atomic E-state index is 0.0910. The van der Waals surface area contributed by atoms with Crippen LogP contribution in [0.1, 0.15) is 91.5 Å². The second-order valence-corrected chi connectivity index (χ2v) is 16.8. The second kappa shape index (κ2) is 15.5. The number of nitrogens with one attached hydrogen (secondary N) is 2. The molecule has 4 rings (SSSR count). The molecule has 0 aromatic heterocycles. The second-order valence-electron chi connectivity index (χ2n) is 16.8. The molecule has 2 fully saturated rings. The van der Waals surface area contributed by atoms with Crippen LogP contribution in [0.15, 0.2) is 61.7 Å². The third-order valence-electron chi connectivity index (χ3n) is 9.60. The number of hydrogen-bond acceptors (Lipinski definition) is 8. The summed E-state index contributed by atoms with van der Waals surface area (Å²) in [7, 11) is 0. The van der Waals surface area contributed by atoms with Gasteiger partial charge in [0.2, 0.25) is 0 Å². The predicted molar refractivity (Wildman–Crippen MR) is 199 cm³/mol. The van der Waals surface area contributed by atoms with E-state index in [0.29, 0.717) is 26.4 Å². The summed E-state index contributed by atoms with van der Waals surface area (Å²) in [5, 5.41) is 5.94. The van der Waals surface area contributed by atoms with Crippen LogP contribution >= 0.6 is 0 Å². The Morgan fingerprint density at radius 1 is 0.667 bits per heavy atom. The van der Waals surface area contributed by atoms with Crippen molar-refractivity contribution in [3.05, 3.63) is 83.9 Å². The molecule has 2 saturated heterocycles. The summed E-state index contributed by atoms with van der Waals surface area (Å²) in [5.74, 6) is 0. The number of carbonyl (C=O) groups excluding carboxylic acids is 2. The Kier molecular flexibility index (Phi) is 12.2. The van der Waals surface area contributed by atoms with Crippen molar-refractivity contribution >= 4 is 23.3 Å². The van der Waals surface area contributed by atoms with Crippen molar-refractivity contribution in [1.82, 2.24) is 10.6 Å². The molecule has 2 heterocycles. The number of ether oxygens (including phenoxy) is 6. The summed E-state index contributed by atoms with van der Waals surface area (Å²) in [4.78, 5) is 25.7. The highest BCUT2D eigenvalue weighted by molar-refractivity contribution is 5.70. The van der Waals surface area contributed by atoms with Crippen LogP contribution in [0.25, 0.3) is 11.1 Å². The van der Waals surface area contributed by atoms with E-state index in [-0.39, 0.29) is 13.2 Å². The van der Waals surface area contributed by atoms with Gasteiger partial charge in [0.1, 0.15) is 13.2 Å². The minimum atomic E-state index is -0.655. The zero-order valence-electron chi connectivity index (χ0n) is 32.2. The molecule has 2 N–H and O–H groups in total. The first-order valence-electron chi connectivity index (χ1n) is 17.5. The van der Waals surface area contributed by atoms with Crippen molar-refractivity contribution in [2.24, 2.45) is 16.2 Å². The summed E-state index contributed by atoms with van der Waals surface area (Å²) >= 11 is 0. The standard InChI is InChI=1S/C41H58N2O8/c1-27(2)29-16-18-31(19-17-29)39(9,10)42-35(44)50-21-37(5,6)33-46-23-41(24-47-33)25-48-34(49-26-41)38(7,8)22-51-36(45)43-40(11,12)32-15-13-14-30(20-32)28(3)4/h13-20,33-34H,1,3,21-26H2,2,4-12H3,(H,42,44)(H,43,45). The molecule has 10 nitrogen and oxygen atoms in total. The number of rotatable bonds is 12. The first kappa shape index (κ1) is 40.1. The lowest BCUT2D eigenvalue weighted by molar-refractivity contribution is -0.336. The Hall–Kier alpha value is -3.70. The third-order valence-corrected chi connectivity index (χ3v) is 9.60. The van der Waals surface area contributed by atoms with Gasteiger partial charge in [0.25, 0.3) is 0 Å².